The van der Waals surface area contributed by atoms with Crippen molar-refractivity contribution in [3.63, 3.8) is 0 Å². The Kier molecular flexibility index (Phi) is 10.4. The Bertz CT molecular complexity index is 827. The van der Waals surface area contributed by atoms with Gasteiger partial charge < -0.3 is 4.74 Å². The van der Waals surface area contributed by atoms with Crippen LogP contribution in [0, 0.1) is 0 Å². The van der Waals surface area contributed by atoms with Gasteiger partial charge in [-0.3, -0.25) is 25.8 Å². The lowest BCUT2D eigenvalue weighted by Crippen LogP contribution is -2.48. The summed E-state index contributed by atoms with van der Waals surface area (Å²) in [7, 11) is 0. The number of aryl methyl sites for hydroxylation is 1. The summed E-state index contributed by atoms with van der Waals surface area (Å²) in [4.78, 5) is 24.5. The number of hydrogen-bond acceptors (Lipinski definition) is 4. The van der Waals surface area contributed by atoms with Crippen LogP contribution in [-0.4, -0.2) is 23.5 Å². The Morgan fingerprint density at radius 1 is 0.933 bits per heavy atom. The van der Waals surface area contributed by atoms with Gasteiger partial charge in [-0.1, -0.05) is 68.7 Å². The molecule has 0 unspecified atom stereocenters. The van der Waals surface area contributed by atoms with Crippen molar-refractivity contribution in [2.24, 2.45) is 0 Å². The monoisotopic (exact) mass is 427 g/mol. The van der Waals surface area contributed by atoms with Gasteiger partial charge in [0.05, 0.1) is 12.2 Å². The molecular weight excluding hydrogens is 398 g/mol. The van der Waals surface area contributed by atoms with Gasteiger partial charge in [0, 0.05) is 6.42 Å². The fraction of sp³-hybridized carbons (Fsp3) is 0.348. The fourth-order valence-electron chi connectivity index (χ4n) is 2.78. The highest BCUT2D eigenvalue weighted by atomic mass is 32.1. The minimum atomic E-state index is -0.393. The van der Waals surface area contributed by atoms with Gasteiger partial charge in [0.1, 0.15) is 5.75 Å². The summed E-state index contributed by atoms with van der Waals surface area (Å²) < 4.78 is 5.76. The number of unbranched alkanes of at least 4 members (excludes halogenated alkanes) is 3. The normalized spacial score (nSPS) is 10.2. The van der Waals surface area contributed by atoms with Crippen LogP contribution in [0.25, 0.3) is 0 Å². The van der Waals surface area contributed by atoms with E-state index < -0.39 is 5.91 Å². The van der Waals surface area contributed by atoms with Crippen molar-refractivity contribution in [3.05, 3.63) is 65.7 Å². The molecule has 7 heteroatoms. The third-order valence-electron chi connectivity index (χ3n) is 4.41. The Labute approximate surface area is 183 Å². The van der Waals surface area contributed by atoms with E-state index in [1.54, 1.807) is 18.2 Å². The molecule has 0 radical (unpaired) electrons. The molecule has 6 nitrogen and oxygen atoms in total. The Hall–Kier alpha value is -2.93. The largest absolute Gasteiger partial charge is 0.493 e. The first-order chi connectivity index (χ1) is 14.6. The van der Waals surface area contributed by atoms with E-state index in [2.05, 4.69) is 23.1 Å². The molecule has 0 saturated heterocycles. The van der Waals surface area contributed by atoms with E-state index >= 15 is 0 Å². The van der Waals surface area contributed by atoms with Crippen molar-refractivity contribution in [3.8, 4) is 5.75 Å². The van der Waals surface area contributed by atoms with Gasteiger partial charge in [-0.25, -0.2) is 0 Å². The Balaban J connectivity index is 1.75. The molecule has 0 aromatic heterocycles. The maximum Gasteiger partial charge on any atom is 0.261 e. The molecule has 0 saturated carbocycles. The second kappa shape index (κ2) is 13.3. The lowest BCUT2D eigenvalue weighted by molar-refractivity contribution is -0.121. The Morgan fingerprint density at radius 3 is 2.43 bits per heavy atom. The van der Waals surface area contributed by atoms with Crippen molar-refractivity contribution >= 4 is 29.1 Å². The van der Waals surface area contributed by atoms with E-state index in [0.29, 0.717) is 30.8 Å². The van der Waals surface area contributed by atoms with Crippen molar-refractivity contribution < 1.29 is 14.3 Å². The standard InChI is InChI=1S/C23H29N3O3S/c1-2-3-4-10-17-29-20-14-9-8-13-19(20)22(28)24-23(30)26-25-21(27)16-15-18-11-6-5-7-12-18/h5-9,11-14H,2-4,10,15-17H2,1H3,(H,25,27)(H2,24,26,28,30). The topological polar surface area (TPSA) is 79.5 Å². The summed E-state index contributed by atoms with van der Waals surface area (Å²) in [5.41, 5.74) is 6.54. The smallest absolute Gasteiger partial charge is 0.261 e. The summed E-state index contributed by atoms with van der Waals surface area (Å²) in [5.74, 6) is -0.0948. The van der Waals surface area contributed by atoms with Crippen molar-refractivity contribution in [1.29, 1.82) is 0 Å². The first kappa shape index (κ1) is 23.3. The fourth-order valence-corrected chi connectivity index (χ4v) is 2.93. The number of hydrogen-bond donors (Lipinski definition) is 3. The number of ether oxygens (including phenoxy) is 1. The second-order valence-corrected chi connectivity index (χ2v) is 7.26. The second-order valence-electron chi connectivity index (χ2n) is 6.85. The summed E-state index contributed by atoms with van der Waals surface area (Å²) in [6, 6.07) is 16.8. The molecule has 0 spiro atoms. The zero-order chi connectivity index (χ0) is 21.6. The molecule has 30 heavy (non-hydrogen) atoms. The molecular formula is C23H29N3O3S. The van der Waals surface area contributed by atoms with Crippen molar-refractivity contribution in [2.75, 3.05) is 6.61 Å². The predicted molar refractivity (Wildman–Crippen MR) is 122 cm³/mol. The van der Waals surface area contributed by atoms with Gasteiger partial charge in [-0.2, -0.15) is 0 Å². The molecule has 0 aliphatic heterocycles. The number of nitrogens with one attached hydrogen (secondary N) is 3. The Morgan fingerprint density at radius 2 is 1.67 bits per heavy atom. The van der Waals surface area contributed by atoms with E-state index in [1.165, 1.54) is 6.42 Å². The molecule has 160 valence electrons. The molecule has 0 aliphatic rings. The number of para-hydroxylation sites is 1. The average molecular weight is 428 g/mol. The van der Waals surface area contributed by atoms with Gasteiger partial charge in [0.2, 0.25) is 5.91 Å². The van der Waals surface area contributed by atoms with Crippen LogP contribution >= 0.6 is 12.2 Å². The molecule has 3 N–H and O–H groups in total. The molecule has 2 rings (SSSR count). The molecule has 0 aliphatic carbocycles. The van der Waals surface area contributed by atoms with Crippen LogP contribution in [0.1, 0.15) is 54.9 Å². The van der Waals surface area contributed by atoms with Crippen LogP contribution in [0.3, 0.4) is 0 Å². The van der Waals surface area contributed by atoms with Crippen LogP contribution in [-0.2, 0) is 11.2 Å². The number of benzene rings is 2. The zero-order valence-electron chi connectivity index (χ0n) is 17.3. The van der Waals surface area contributed by atoms with Crippen molar-refractivity contribution in [1.82, 2.24) is 16.2 Å². The molecule has 0 fully saturated rings. The SMILES string of the molecule is CCCCCCOc1ccccc1C(=O)NC(=S)NNC(=O)CCc1ccccc1. The summed E-state index contributed by atoms with van der Waals surface area (Å²) >= 11 is 5.11. The summed E-state index contributed by atoms with van der Waals surface area (Å²) in [6.45, 7) is 2.72. The number of hydrazine groups is 1. The highest BCUT2D eigenvalue weighted by Crippen LogP contribution is 2.18. The van der Waals surface area contributed by atoms with Crippen LogP contribution in [0.5, 0.6) is 5.75 Å². The van der Waals surface area contributed by atoms with E-state index in [-0.39, 0.29) is 11.0 Å². The third kappa shape index (κ3) is 8.61. The highest BCUT2D eigenvalue weighted by molar-refractivity contribution is 7.80. The van der Waals surface area contributed by atoms with Crippen LogP contribution in [0.2, 0.25) is 0 Å². The maximum absolute atomic E-state index is 12.5. The summed E-state index contributed by atoms with van der Waals surface area (Å²) in [5, 5.41) is 2.58. The quantitative estimate of drug-likeness (QED) is 0.304. The van der Waals surface area contributed by atoms with Gasteiger partial charge in [0.15, 0.2) is 5.11 Å². The predicted octanol–water partition coefficient (Wildman–Crippen LogP) is 3.91. The van der Waals surface area contributed by atoms with Gasteiger partial charge in [0.25, 0.3) is 5.91 Å². The lowest BCUT2D eigenvalue weighted by atomic mass is 10.1. The number of thiocarbonyl (C=S) groups is 1. The van der Waals surface area contributed by atoms with Crippen LogP contribution in [0.15, 0.2) is 54.6 Å². The first-order valence-corrected chi connectivity index (χ1v) is 10.7. The van der Waals surface area contributed by atoms with Crippen molar-refractivity contribution in [2.45, 2.75) is 45.4 Å². The number of amides is 2. The number of rotatable bonds is 10. The molecule has 0 heterocycles. The molecule has 0 bridgehead atoms. The third-order valence-corrected chi connectivity index (χ3v) is 4.62. The number of carbonyl (C=O) groups excluding carboxylic acids is 2. The molecule has 0 atom stereocenters. The van der Waals surface area contributed by atoms with E-state index in [4.69, 9.17) is 17.0 Å². The van der Waals surface area contributed by atoms with Gasteiger partial charge in [-0.15, -0.1) is 0 Å². The number of carbonyl (C=O) groups is 2. The van der Waals surface area contributed by atoms with E-state index in [0.717, 1.165) is 24.8 Å². The zero-order valence-corrected chi connectivity index (χ0v) is 18.1. The first-order valence-electron chi connectivity index (χ1n) is 10.3. The minimum absolute atomic E-state index is 0.0193. The summed E-state index contributed by atoms with van der Waals surface area (Å²) in [6.07, 6.45) is 5.30. The van der Waals surface area contributed by atoms with Crippen LogP contribution < -0.4 is 20.9 Å². The molecule has 2 aromatic carbocycles. The lowest BCUT2D eigenvalue weighted by Gasteiger charge is -2.13. The van der Waals surface area contributed by atoms with Gasteiger partial charge >= 0.3 is 0 Å². The molecule has 2 amide bonds. The highest BCUT2D eigenvalue weighted by Gasteiger charge is 2.14. The van der Waals surface area contributed by atoms with E-state index in [1.807, 2.05) is 36.4 Å². The maximum atomic E-state index is 12.5. The van der Waals surface area contributed by atoms with E-state index in [9.17, 15) is 9.59 Å². The van der Waals surface area contributed by atoms with Crippen LogP contribution in [0.4, 0.5) is 0 Å². The minimum Gasteiger partial charge on any atom is -0.493 e. The van der Waals surface area contributed by atoms with Gasteiger partial charge in [-0.05, 0) is 42.8 Å². The molecule has 2 aromatic rings. The average Bonchev–Trinajstić information content (AvgIpc) is 2.77.